The van der Waals surface area contributed by atoms with E-state index in [4.69, 9.17) is 9.84 Å². The molecule has 1 amide bonds. The van der Waals surface area contributed by atoms with Gasteiger partial charge in [-0.15, -0.1) is 0 Å². The molecule has 1 saturated heterocycles. The fraction of sp³-hybridized carbons (Fsp3) is 0.385. The average Bonchev–Trinajstić information content (AvgIpc) is 2.80. The van der Waals surface area contributed by atoms with Crippen LogP contribution in [0.1, 0.15) is 12.8 Å². The van der Waals surface area contributed by atoms with E-state index in [1.807, 2.05) is 18.2 Å². The minimum absolute atomic E-state index is 0.0506. The highest BCUT2D eigenvalue weighted by Crippen LogP contribution is 2.31. The van der Waals surface area contributed by atoms with E-state index in [1.54, 1.807) is 0 Å². The van der Waals surface area contributed by atoms with Gasteiger partial charge in [0.2, 0.25) is 0 Å². The molecule has 106 valence electrons. The lowest BCUT2D eigenvalue weighted by molar-refractivity contribution is 0.0894. The van der Waals surface area contributed by atoms with Gasteiger partial charge >= 0.3 is 6.09 Å². The molecule has 0 aliphatic carbocycles. The maximum Gasteiger partial charge on any atom is 0.407 e. The van der Waals surface area contributed by atoms with Crippen LogP contribution in [0.5, 0.6) is 5.19 Å². The Morgan fingerprint density at radius 1 is 1.45 bits per heavy atom. The molecule has 0 spiro atoms. The van der Waals surface area contributed by atoms with E-state index in [9.17, 15) is 4.79 Å². The molecule has 20 heavy (non-hydrogen) atoms. The molecule has 0 bridgehead atoms. The van der Waals surface area contributed by atoms with Crippen molar-refractivity contribution in [2.24, 2.45) is 0 Å². The number of halogens is 1. The van der Waals surface area contributed by atoms with Crippen molar-refractivity contribution in [1.82, 2.24) is 9.88 Å². The van der Waals surface area contributed by atoms with Gasteiger partial charge in [0.05, 0.1) is 10.2 Å². The van der Waals surface area contributed by atoms with Crippen LogP contribution in [-0.2, 0) is 0 Å². The fourth-order valence-corrected chi connectivity index (χ4v) is 3.67. The minimum Gasteiger partial charge on any atom is -0.467 e. The topological polar surface area (TPSA) is 62.7 Å². The van der Waals surface area contributed by atoms with Gasteiger partial charge in [-0.25, -0.2) is 9.78 Å². The number of carboxylic acid groups (broad SMARTS) is 1. The summed E-state index contributed by atoms with van der Waals surface area (Å²) in [4.78, 5) is 16.7. The predicted octanol–water partition coefficient (Wildman–Crippen LogP) is 3.58. The summed E-state index contributed by atoms with van der Waals surface area (Å²) in [6, 6.07) is 5.93. The van der Waals surface area contributed by atoms with E-state index < -0.39 is 6.09 Å². The molecule has 7 heteroatoms. The second-order valence-electron chi connectivity index (χ2n) is 4.68. The number of carbonyl (C=O) groups is 1. The third-order valence-electron chi connectivity index (χ3n) is 3.31. The Labute approximate surface area is 128 Å². The van der Waals surface area contributed by atoms with Crippen molar-refractivity contribution in [3.63, 3.8) is 0 Å². The van der Waals surface area contributed by atoms with Crippen molar-refractivity contribution in [2.75, 3.05) is 13.1 Å². The summed E-state index contributed by atoms with van der Waals surface area (Å²) < 4.78 is 7.98. The van der Waals surface area contributed by atoms with Crippen molar-refractivity contribution >= 4 is 43.6 Å². The molecule has 0 saturated carbocycles. The number of fused-ring (bicyclic) bond motifs is 1. The maximum atomic E-state index is 10.8. The van der Waals surface area contributed by atoms with Crippen molar-refractivity contribution < 1.29 is 14.6 Å². The van der Waals surface area contributed by atoms with Gasteiger partial charge in [0.15, 0.2) is 0 Å². The van der Waals surface area contributed by atoms with Gasteiger partial charge in [-0.3, -0.25) is 0 Å². The SMILES string of the molecule is O=C(O)N1CCC(Oc2nc3ccc(Br)cc3s2)CC1. The van der Waals surface area contributed by atoms with Gasteiger partial charge in [-0.2, -0.15) is 0 Å². The molecule has 3 rings (SSSR count). The number of hydrogen-bond acceptors (Lipinski definition) is 4. The highest BCUT2D eigenvalue weighted by atomic mass is 79.9. The van der Waals surface area contributed by atoms with E-state index in [1.165, 1.54) is 16.2 Å². The van der Waals surface area contributed by atoms with E-state index in [0.29, 0.717) is 31.1 Å². The molecule has 1 fully saturated rings. The summed E-state index contributed by atoms with van der Waals surface area (Å²) >= 11 is 4.96. The molecular formula is C13H13BrN2O3S. The van der Waals surface area contributed by atoms with Gasteiger partial charge in [0.25, 0.3) is 5.19 Å². The van der Waals surface area contributed by atoms with Crippen LogP contribution in [0.15, 0.2) is 22.7 Å². The standard InChI is InChI=1S/C13H13BrN2O3S/c14-8-1-2-10-11(7-8)20-12(15-10)19-9-3-5-16(6-4-9)13(17)18/h1-2,7,9H,3-6H2,(H,17,18). The number of thiazole rings is 1. The van der Waals surface area contributed by atoms with Crippen molar-refractivity contribution in [2.45, 2.75) is 18.9 Å². The first kappa shape index (κ1) is 13.6. The van der Waals surface area contributed by atoms with Crippen LogP contribution in [0.25, 0.3) is 10.2 Å². The first-order chi connectivity index (χ1) is 9.61. The third-order valence-corrected chi connectivity index (χ3v) is 4.71. The highest BCUT2D eigenvalue weighted by Gasteiger charge is 2.24. The van der Waals surface area contributed by atoms with E-state index in [0.717, 1.165) is 14.7 Å². The summed E-state index contributed by atoms with van der Waals surface area (Å²) in [6.07, 6.45) is 0.626. The number of rotatable bonds is 2. The molecule has 2 aromatic rings. The zero-order valence-electron chi connectivity index (χ0n) is 10.6. The monoisotopic (exact) mass is 356 g/mol. The van der Waals surface area contributed by atoms with Crippen molar-refractivity contribution in [3.05, 3.63) is 22.7 Å². The number of hydrogen-bond donors (Lipinski definition) is 1. The van der Waals surface area contributed by atoms with Crippen LogP contribution in [0.3, 0.4) is 0 Å². The van der Waals surface area contributed by atoms with Gasteiger partial charge in [-0.1, -0.05) is 27.3 Å². The zero-order valence-corrected chi connectivity index (χ0v) is 13.0. The first-order valence-electron chi connectivity index (χ1n) is 6.32. The van der Waals surface area contributed by atoms with Crippen LogP contribution in [-0.4, -0.2) is 40.3 Å². The Kier molecular flexibility index (Phi) is 3.80. The Balaban J connectivity index is 1.66. The lowest BCUT2D eigenvalue weighted by atomic mass is 10.1. The Bertz CT molecular complexity index is 638. The lowest BCUT2D eigenvalue weighted by Crippen LogP contribution is -2.41. The van der Waals surface area contributed by atoms with Crippen LogP contribution >= 0.6 is 27.3 Å². The largest absolute Gasteiger partial charge is 0.467 e. The number of likely N-dealkylation sites (tertiary alicyclic amines) is 1. The second kappa shape index (κ2) is 5.57. The number of benzene rings is 1. The van der Waals surface area contributed by atoms with E-state index >= 15 is 0 Å². The molecule has 1 aromatic carbocycles. The minimum atomic E-state index is -0.853. The van der Waals surface area contributed by atoms with Crippen LogP contribution in [0.2, 0.25) is 0 Å². The fourth-order valence-electron chi connectivity index (χ4n) is 2.24. The smallest absolute Gasteiger partial charge is 0.407 e. The summed E-state index contributed by atoms with van der Waals surface area (Å²) in [6.45, 7) is 1.05. The molecule has 1 aromatic heterocycles. The molecule has 5 nitrogen and oxygen atoms in total. The summed E-state index contributed by atoms with van der Waals surface area (Å²) in [7, 11) is 0. The number of amides is 1. The molecule has 1 aliphatic rings. The van der Waals surface area contributed by atoms with Gasteiger partial charge < -0.3 is 14.7 Å². The van der Waals surface area contributed by atoms with E-state index in [2.05, 4.69) is 20.9 Å². The molecule has 0 unspecified atom stereocenters. The van der Waals surface area contributed by atoms with Gasteiger partial charge in [0.1, 0.15) is 6.10 Å². The number of nitrogens with zero attached hydrogens (tertiary/aromatic N) is 2. The van der Waals surface area contributed by atoms with Gasteiger partial charge in [0, 0.05) is 30.4 Å². The number of aromatic nitrogens is 1. The molecular weight excluding hydrogens is 344 g/mol. The molecule has 2 heterocycles. The van der Waals surface area contributed by atoms with Crippen LogP contribution in [0, 0.1) is 0 Å². The normalized spacial score (nSPS) is 16.6. The number of ether oxygens (including phenoxy) is 1. The Morgan fingerprint density at radius 3 is 2.90 bits per heavy atom. The second-order valence-corrected chi connectivity index (χ2v) is 6.59. The highest BCUT2D eigenvalue weighted by molar-refractivity contribution is 9.10. The van der Waals surface area contributed by atoms with Gasteiger partial charge in [-0.05, 0) is 18.2 Å². The predicted molar refractivity (Wildman–Crippen MR) is 80.6 cm³/mol. The summed E-state index contributed by atoms with van der Waals surface area (Å²) in [5, 5.41) is 9.57. The van der Waals surface area contributed by atoms with Crippen LogP contribution < -0.4 is 4.74 Å². The third kappa shape index (κ3) is 2.88. The van der Waals surface area contributed by atoms with Crippen molar-refractivity contribution in [3.8, 4) is 5.19 Å². The van der Waals surface area contributed by atoms with E-state index in [-0.39, 0.29) is 6.10 Å². The first-order valence-corrected chi connectivity index (χ1v) is 7.93. The molecule has 0 atom stereocenters. The maximum absolute atomic E-state index is 10.8. The Hall–Kier alpha value is -1.34. The molecule has 1 N–H and O–H groups in total. The van der Waals surface area contributed by atoms with Crippen molar-refractivity contribution in [1.29, 1.82) is 0 Å². The Morgan fingerprint density at radius 2 is 2.20 bits per heavy atom. The molecule has 1 aliphatic heterocycles. The summed E-state index contributed by atoms with van der Waals surface area (Å²) in [5.41, 5.74) is 0.927. The molecule has 0 radical (unpaired) electrons. The lowest BCUT2D eigenvalue weighted by Gasteiger charge is -2.29. The average molecular weight is 357 g/mol. The summed E-state index contributed by atoms with van der Waals surface area (Å²) in [5.74, 6) is 0. The quantitative estimate of drug-likeness (QED) is 0.893. The van der Waals surface area contributed by atoms with Crippen LogP contribution in [0.4, 0.5) is 4.79 Å². The zero-order chi connectivity index (χ0) is 14.1. The number of piperidine rings is 1.